The van der Waals surface area contributed by atoms with Crippen LogP contribution in [0.5, 0.6) is 0 Å². The first kappa shape index (κ1) is 19.3. The number of H-pyrrole nitrogens is 1. The largest absolute Gasteiger partial charge is 0.347 e. The number of thiophene rings is 1. The molecule has 156 valence electrons. The summed E-state index contributed by atoms with van der Waals surface area (Å²) in [6.07, 6.45) is 2.47. The first-order chi connectivity index (χ1) is 15.1. The summed E-state index contributed by atoms with van der Waals surface area (Å²) in [6.45, 7) is 1.14. The van der Waals surface area contributed by atoms with Crippen molar-refractivity contribution in [2.45, 2.75) is 19.5 Å². The molecule has 2 amide bonds. The zero-order valence-corrected chi connectivity index (χ0v) is 17.1. The van der Waals surface area contributed by atoms with Crippen LogP contribution in [0, 0.1) is 5.82 Å². The van der Waals surface area contributed by atoms with Crippen LogP contribution in [0.3, 0.4) is 0 Å². The van der Waals surface area contributed by atoms with Gasteiger partial charge in [-0.25, -0.2) is 4.39 Å². The number of anilines is 1. The Bertz CT molecular complexity index is 1280. The molecule has 5 rings (SSSR count). The number of aryl methyl sites for hydroxylation is 1. The number of nitrogens with one attached hydrogen (secondary N) is 3. The van der Waals surface area contributed by atoms with Gasteiger partial charge in [-0.1, -0.05) is 12.1 Å². The molecule has 1 aliphatic heterocycles. The average molecular weight is 435 g/mol. The van der Waals surface area contributed by atoms with Crippen LogP contribution < -0.4 is 10.6 Å². The highest BCUT2D eigenvalue weighted by molar-refractivity contribution is 7.09. The van der Waals surface area contributed by atoms with E-state index in [1.54, 1.807) is 17.4 Å². The Hall–Kier alpha value is -3.72. The lowest BCUT2D eigenvalue weighted by molar-refractivity contribution is 0.0950. The van der Waals surface area contributed by atoms with E-state index in [9.17, 15) is 14.0 Å². The summed E-state index contributed by atoms with van der Waals surface area (Å²) >= 11 is 1.60. The van der Waals surface area contributed by atoms with Gasteiger partial charge in [-0.05, 0) is 42.1 Å². The van der Waals surface area contributed by atoms with E-state index in [4.69, 9.17) is 0 Å². The summed E-state index contributed by atoms with van der Waals surface area (Å²) in [5, 5.41) is 14.9. The van der Waals surface area contributed by atoms with Crippen LogP contribution in [0.15, 0.2) is 54.0 Å². The van der Waals surface area contributed by atoms with E-state index in [1.165, 1.54) is 18.2 Å². The number of hydrogen-bond acceptors (Lipinski definition) is 4. The lowest BCUT2D eigenvalue weighted by atomic mass is 10.1. The predicted octanol–water partition coefficient (Wildman–Crippen LogP) is 3.82. The zero-order valence-electron chi connectivity index (χ0n) is 16.3. The van der Waals surface area contributed by atoms with Gasteiger partial charge in [0.15, 0.2) is 5.82 Å². The number of nitrogens with zero attached hydrogens (tertiary/aromatic N) is 2. The Kier molecular flexibility index (Phi) is 4.87. The molecule has 0 aliphatic carbocycles. The minimum atomic E-state index is -0.473. The van der Waals surface area contributed by atoms with Gasteiger partial charge in [-0.2, -0.15) is 5.10 Å². The van der Waals surface area contributed by atoms with Crippen molar-refractivity contribution in [2.24, 2.45) is 0 Å². The molecule has 7 nitrogen and oxygen atoms in total. The van der Waals surface area contributed by atoms with E-state index in [2.05, 4.69) is 20.8 Å². The van der Waals surface area contributed by atoms with Crippen LogP contribution in [0.2, 0.25) is 0 Å². The predicted molar refractivity (Wildman–Crippen MR) is 116 cm³/mol. The number of aromatic nitrogens is 3. The molecule has 3 aromatic heterocycles. The third-order valence-corrected chi connectivity index (χ3v) is 6.08. The van der Waals surface area contributed by atoms with Crippen LogP contribution in [0.4, 0.5) is 10.2 Å². The van der Waals surface area contributed by atoms with Gasteiger partial charge in [0.25, 0.3) is 11.8 Å². The molecule has 0 atom stereocenters. The number of carbonyl (C=O) groups excluding carboxylic acids is 2. The molecule has 4 heterocycles. The van der Waals surface area contributed by atoms with Gasteiger partial charge in [0, 0.05) is 28.7 Å². The number of fused-ring (bicyclic) bond motifs is 3. The summed E-state index contributed by atoms with van der Waals surface area (Å²) < 4.78 is 15.4. The second kappa shape index (κ2) is 7.84. The monoisotopic (exact) mass is 435 g/mol. The molecule has 1 aliphatic rings. The Morgan fingerprint density at radius 1 is 1.16 bits per heavy atom. The minimum absolute atomic E-state index is 0.143. The van der Waals surface area contributed by atoms with Gasteiger partial charge < -0.3 is 15.2 Å². The van der Waals surface area contributed by atoms with Crippen molar-refractivity contribution >= 4 is 29.0 Å². The van der Waals surface area contributed by atoms with E-state index < -0.39 is 11.7 Å². The Balaban J connectivity index is 1.35. The van der Waals surface area contributed by atoms with Gasteiger partial charge in [-0.3, -0.25) is 14.7 Å². The second-order valence-corrected chi connectivity index (χ2v) is 8.24. The molecule has 4 aromatic rings. The van der Waals surface area contributed by atoms with E-state index in [-0.39, 0.29) is 11.5 Å². The fourth-order valence-corrected chi connectivity index (χ4v) is 4.32. The second-order valence-electron chi connectivity index (χ2n) is 7.21. The zero-order chi connectivity index (χ0) is 21.4. The van der Waals surface area contributed by atoms with Crippen LogP contribution in [0.1, 0.15) is 31.2 Å². The molecule has 0 unspecified atom stereocenters. The smallest absolute Gasteiger partial charge is 0.256 e. The first-order valence-corrected chi connectivity index (χ1v) is 10.6. The maximum absolute atomic E-state index is 13.4. The highest BCUT2D eigenvalue weighted by Crippen LogP contribution is 2.33. The number of hydrogen-bond donors (Lipinski definition) is 3. The maximum atomic E-state index is 13.4. The normalized spacial score (nSPS) is 12.2. The molecule has 1 aromatic carbocycles. The van der Waals surface area contributed by atoms with Gasteiger partial charge in [0.05, 0.1) is 23.5 Å². The van der Waals surface area contributed by atoms with Crippen molar-refractivity contribution in [1.29, 1.82) is 0 Å². The standard InChI is InChI=1S/C22H18FN5O2S/c23-15-4-1-3-13(9-15)22(30)25-20-17-6-7-28-12-14(10-18(28)19(17)26-27-20)21(29)24-11-16-5-2-8-31-16/h1-5,8-10,12H,6-7,11H2,(H,24,29)(H2,25,26,27,30). The molecule has 9 heteroatoms. The van der Waals surface area contributed by atoms with Gasteiger partial charge in [-0.15, -0.1) is 11.3 Å². The van der Waals surface area contributed by atoms with Gasteiger partial charge >= 0.3 is 0 Å². The molecule has 0 bridgehead atoms. The minimum Gasteiger partial charge on any atom is -0.347 e. The number of halogens is 1. The molecule has 0 saturated heterocycles. The van der Waals surface area contributed by atoms with E-state index in [1.807, 2.05) is 34.3 Å². The average Bonchev–Trinajstić information content (AvgIpc) is 3.51. The quantitative estimate of drug-likeness (QED) is 0.445. The molecule has 0 saturated carbocycles. The third-order valence-electron chi connectivity index (χ3n) is 5.21. The van der Waals surface area contributed by atoms with Crippen molar-refractivity contribution in [1.82, 2.24) is 20.1 Å². The summed E-state index contributed by atoms with van der Waals surface area (Å²) in [6, 6.07) is 11.3. The summed E-state index contributed by atoms with van der Waals surface area (Å²) in [4.78, 5) is 26.1. The summed E-state index contributed by atoms with van der Waals surface area (Å²) in [7, 11) is 0. The third kappa shape index (κ3) is 3.75. The van der Waals surface area contributed by atoms with Crippen LogP contribution >= 0.6 is 11.3 Å². The number of amides is 2. The Morgan fingerprint density at radius 3 is 2.87 bits per heavy atom. The molecular formula is C22H18FN5O2S. The lowest BCUT2D eigenvalue weighted by Crippen LogP contribution is -2.21. The Morgan fingerprint density at radius 2 is 2.06 bits per heavy atom. The van der Waals surface area contributed by atoms with Crippen LogP contribution in [-0.2, 0) is 19.5 Å². The lowest BCUT2D eigenvalue weighted by Gasteiger charge is -2.16. The molecule has 0 spiro atoms. The van der Waals surface area contributed by atoms with E-state index in [0.717, 1.165) is 21.8 Å². The van der Waals surface area contributed by atoms with Crippen molar-refractivity contribution in [3.05, 3.63) is 81.4 Å². The van der Waals surface area contributed by atoms with Crippen molar-refractivity contribution in [2.75, 3.05) is 5.32 Å². The number of rotatable bonds is 5. The molecule has 0 fully saturated rings. The Labute approximate surface area is 180 Å². The van der Waals surface area contributed by atoms with Gasteiger partial charge in [0.1, 0.15) is 5.82 Å². The molecule has 3 N–H and O–H groups in total. The summed E-state index contributed by atoms with van der Waals surface area (Å²) in [5.41, 5.74) is 3.25. The van der Waals surface area contributed by atoms with Crippen molar-refractivity contribution in [3.8, 4) is 11.4 Å². The number of carbonyl (C=O) groups is 2. The fourth-order valence-electron chi connectivity index (χ4n) is 3.68. The summed E-state index contributed by atoms with van der Waals surface area (Å²) in [5.74, 6) is -0.626. The maximum Gasteiger partial charge on any atom is 0.256 e. The fraction of sp³-hybridized carbons (Fsp3) is 0.136. The highest BCUT2D eigenvalue weighted by atomic mass is 32.1. The SMILES string of the molecule is O=C(NCc1cccs1)c1cc2n(c1)CCc1c(NC(=O)c3cccc(F)c3)n[nH]c1-2. The molecule has 31 heavy (non-hydrogen) atoms. The number of aromatic amines is 1. The van der Waals surface area contributed by atoms with Crippen LogP contribution in [-0.4, -0.2) is 26.6 Å². The molecular weight excluding hydrogens is 417 g/mol. The first-order valence-electron chi connectivity index (χ1n) is 9.74. The van der Waals surface area contributed by atoms with Crippen molar-refractivity contribution < 1.29 is 14.0 Å². The topological polar surface area (TPSA) is 91.8 Å². The van der Waals surface area contributed by atoms with Crippen molar-refractivity contribution in [3.63, 3.8) is 0 Å². The van der Waals surface area contributed by atoms with E-state index in [0.29, 0.717) is 30.9 Å². The molecule has 0 radical (unpaired) electrons. The van der Waals surface area contributed by atoms with Gasteiger partial charge in [0.2, 0.25) is 0 Å². The van der Waals surface area contributed by atoms with Crippen LogP contribution in [0.25, 0.3) is 11.4 Å². The number of benzene rings is 1. The van der Waals surface area contributed by atoms with E-state index >= 15 is 0 Å². The highest BCUT2D eigenvalue weighted by Gasteiger charge is 2.25.